The molecule has 0 atom stereocenters. The molecule has 0 aromatic rings. The lowest BCUT2D eigenvalue weighted by molar-refractivity contribution is 0.241. The van der Waals surface area contributed by atoms with Crippen LogP contribution < -0.4 is 16.6 Å². The molecule has 0 aliphatic carbocycles. The summed E-state index contributed by atoms with van der Waals surface area (Å²) in [4.78, 5) is 10.9. The molecular formula is C22H47N3OS. The Hall–Kier alpha value is -0.420. The summed E-state index contributed by atoms with van der Waals surface area (Å²) in [7, 11) is 0. The lowest BCUT2D eigenvalue weighted by Gasteiger charge is -2.05. The smallest absolute Gasteiger partial charge is 0.328 e. The summed E-state index contributed by atoms with van der Waals surface area (Å²) >= 11 is 2.00. The van der Waals surface area contributed by atoms with E-state index in [1.807, 2.05) is 11.8 Å². The van der Waals surface area contributed by atoms with Crippen LogP contribution in [0.4, 0.5) is 4.79 Å². The first-order chi connectivity index (χ1) is 13.3. The van der Waals surface area contributed by atoms with Crippen molar-refractivity contribution in [1.82, 2.24) is 10.7 Å². The summed E-state index contributed by atoms with van der Waals surface area (Å²) in [6, 6.07) is -0.294. The number of hydrogen-bond donors (Lipinski definition) is 3. The summed E-state index contributed by atoms with van der Waals surface area (Å²) in [6.45, 7) is 2.99. The van der Waals surface area contributed by atoms with Gasteiger partial charge in [0.25, 0.3) is 0 Å². The van der Waals surface area contributed by atoms with Gasteiger partial charge in [-0.05, 0) is 24.3 Å². The molecule has 0 saturated carbocycles. The van der Waals surface area contributed by atoms with Crippen LogP contribution in [0.15, 0.2) is 0 Å². The molecule has 0 heterocycles. The molecule has 0 spiro atoms. The molecule has 0 aliphatic rings. The number of nitrogens with one attached hydrogen (secondary N) is 2. The number of hydrazine groups is 1. The monoisotopic (exact) mass is 401 g/mol. The second kappa shape index (κ2) is 23.6. The molecule has 2 amide bonds. The van der Waals surface area contributed by atoms with Gasteiger partial charge in [-0.25, -0.2) is 10.6 Å². The standard InChI is InChI=1S/C22H47N3OS/c1-2-3-4-5-6-7-8-9-10-11-12-13-14-15-16-17-20-27-21-18-19-24-22(26)25-23/h2-21,23H2,1H3,(H2,24,25,26). The number of nitrogens with two attached hydrogens (primary N) is 1. The van der Waals surface area contributed by atoms with E-state index in [2.05, 4.69) is 17.7 Å². The molecule has 27 heavy (non-hydrogen) atoms. The van der Waals surface area contributed by atoms with Crippen LogP contribution in [0.2, 0.25) is 0 Å². The third kappa shape index (κ3) is 23.5. The summed E-state index contributed by atoms with van der Waals surface area (Å²) in [5.41, 5.74) is 2.07. The number of carbonyl (C=O) groups excluding carboxylic acids is 1. The van der Waals surface area contributed by atoms with Gasteiger partial charge in [0, 0.05) is 6.54 Å². The Morgan fingerprint density at radius 3 is 1.52 bits per heavy atom. The fourth-order valence-electron chi connectivity index (χ4n) is 3.28. The van der Waals surface area contributed by atoms with Crippen molar-refractivity contribution in [3.8, 4) is 0 Å². The van der Waals surface area contributed by atoms with E-state index in [0.717, 1.165) is 12.2 Å². The van der Waals surface area contributed by atoms with Crippen molar-refractivity contribution in [3.63, 3.8) is 0 Å². The molecule has 162 valence electrons. The molecule has 0 rings (SSSR count). The summed E-state index contributed by atoms with van der Waals surface area (Å²) < 4.78 is 0. The first-order valence-corrected chi connectivity index (χ1v) is 12.8. The molecule has 0 aliphatic heterocycles. The van der Waals surface area contributed by atoms with E-state index < -0.39 is 0 Å². The molecule has 0 unspecified atom stereocenters. The van der Waals surface area contributed by atoms with Gasteiger partial charge in [0.2, 0.25) is 0 Å². The molecule has 0 bridgehead atoms. The third-order valence-corrected chi connectivity index (χ3v) is 6.18. The highest BCUT2D eigenvalue weighted by Gasteiger charge is 1.97. The molecular weight excluding hydrogens is 354 g/mol. The largest absolute Gasteiger partial charge is 0.337 e. The fraction of sp³-hybridized carbons (Fsp3) is 0.955. The molecule has 5 heteroatoms. The third-order valence-electron chi connectivity index (χ3n) is 5.02. The Morgan fingerprint density at radius 2 is 1.07 bits per heavy atom. The topological polar surface area (TPSA) is 67.2 Å². The van der Waals surface area contributed by atoms with Crippen LogP contribution in [0, 0.1) is 0 Å². The minimum absolute atomic E-state index is 0.294. The zero-order valence-electron chi connectivity index (χ0n) is 18.0. The van der Waals surface area contributed by atoms with Crippen LogP contribution in [0.5, 0.6) is 0 Å². The number of unbranched alkanes of at least 4 members (excludes halogenated alkanes) is 15. The van der Waals surface area contributed by atoms with E-state index in [4.69, 9.17) is 5.84 Å². The average Bonchev–Trinajstić information content (AvgIpc) is 2.68. The number of carbonyl (C=O) groups is 1. The Morgan fingerprint density at radius 1 is 0.667 bits per heavy atom. The number of thioether (sulfide) groups is 1. The van der Waals surface area contributed by atoms with E-state index in [9.17, 15) is 4.79 Å². The van der Waals surface area contributed by atoms with Crippen molar-refractivity contribution in [2.24, 2.45) is 5.84 Å². The SMILES string of the molecule is CCCCCCCCCCCCCCCCCCSCCCNC(=O)NN. The molecule has 4 nitrogen and oxygen atoms in total. The quantitative estimate of drug-likeness (QED) is 0.0884. The number of amides is 2. The predicted molar refractivity (Wildman–Crippen MR) is 122 cm³/mol. The normalized spacial score (nSPS) is 10.9. The van der Waals surface area contributed by atoms with Gasteiger partial charge in [0.05, 0.1) is 0 Å². The number of urea groups is 1. The van der Waals surface area contributed by atoms with E-state index in [1.165, 1.54) is 108 Å². The highest BCUT2D eigenvalue weighted by atomic mass is 32.2. The van der Waals surface area contributed by atoms with Crippen molar-refractivity contribution in [3.05, 3.63) is 0 Å². The highest BCUT2D eigenvalue weighted by molar-refractivity contribution is 7.99. The van der Waals surface area contributed by atoms with E-state index in [1.54, 1.807) is 0 Å². The second-order valence-electron chi connectivity index (χ2n) is 7.67. The van der Waals surface area contributed by atoms with Crippen molar-refractivity contribution in [2.75, 3.05) is 18.1 Å². The van der Waals surface area contributed by atoms with Crippen molar-refractivity contribution in [1.29, 1.82) is 0 Å². The van der Waals surface area contributed by atoms with E-state index in [0.29, 0.717) is 6.54 Å². The average molecular weight is 402 g/mol. The van der Waals surface area contributed by atoms with Crippen LogP contribution >= 0.6 is 11.8 Å². The van der Waals surface area contributed by atoms with E-state index >= 15 is 0 Å². The van der Waals surface area contributed by atoms with Crippen molar-refractivity contribution < 1.29 is 4.79 Å². The van der Waals surface area contributed by atoms with Gasteiger partial charge < -0.3 is 5.32 Å². The number of hydrogen-bond acceptors (Lipinski definition) is 3. The van der Waals surface area contributed by atoms with Gasteiger partial charge in [-0.1, -0.05) is 103 Å². The van der Waals surface area contributed by atoms with Crippen molar-refractivity contribution >= 4 is 17.8 Å². The maximum atomic E-state index is 10.9. The molecule has 0 saturated heterocycles. The van der Waals surface area contributed by atoms with Crippen LogP contribution in [0.3, 0.4) is 0 Å². The van der Waals surface area contributed by atoms with Crippen LogP contribution in [-0.2, 0) is 0 Å². The maximum absolute atomic E-state index is 10.9. The molecule has 4 N–H and O–H groups in total. The predicted octanol–water partition coefficient (Wildman–Crippen LogP) is 6.54. The molecule has 0 radical (unpaired) electrons. The zero-order chi connectivity index (χ0) is 19.8. The Balaban J connectivity index is 3.00. The lowest BCUT2D eigenvalue weighted by atomic mass is 10.0. The van der Waals surface area contributed by atoms with Crippen molar-refractivity contribution in [2.45, 2.75) is 116 Å². The van der Waals surface area contributed by atoms with Gasteiger partial charge in [0.1, 0.15) is 0 Å². The second-order valence-corrected chi connectivity index (χ2v) is 8.89. The van der Waals surface area contributed by atoms with Crippen LogP contribution in [-0.4, -0.2) is 24.1 Å². The summed E-state index contributed by atoms with van der Waals surface area (Å²) in [5.74, 6) is 7.36. The molecule has 0 fully saturated rings. The van der Waals surface area contributed by atoms with E-state index in [-0.39, 0.29) is 6.03 Å². The first kappa shape index (κ1) is 26.6. The van der Waals surface area contributed by atoms with Gasteiger partial charge in [-0.15, -0.1) is 0 Å². The van der Waals surface area contributed by atoms with Gasteiger partial charge in [0.15, 0.2) is 0 Å². The summed E-state index contributed by atoms with van der Waals surface area (Å²) in [5, 5.41) is 2.70. The Kier molecular flexibility index (Phi) is 23.3. The van der Waals surface area contributed by atoms with Gasteiger partial charge in [-0.3, -0.25) is 5.43 Å². The van der Waals surface area contributed by atoms with Crippen LogP contribution in [0.1, 0.15) is 116 Å². The lowest BCUT2D eigenvalue weighted by Crippen LogP contribution is -2.40. The Bertz CT molecular complexity index is 303. The van der Waals surface area contributed by atoms with Gasteiger partial charge in [-0.2, -0.15) is 11.8 Å². The highest BCUT2D eigenvalue weighted by Crippen LogP contribution is 2.14. The minimum Gasteiger partial charge on any atom is -0.337 e. The first-order valence-electron chi connectivity index (χ1n) is 11.6. The Labute approximate surface area is 173 Å². The number of rotatable bonds is 21. The summed E-state index contributed by atoms with van der Waals surface area (Å²) in [6.07, 6.45) is 23.8. The molecule has 0 aromatic heterocycles. The minimum atomic E-state index is -0.294. The molecule has 0 aromatic carbocycles. The van der Waals surface area contributed by atoms with Gasteiger partial charge >= 0.3 is 6.03 Å². The zero-order valence-corrected chi connectivity index (χ0v) is 18.9. The van der Waals surface area contributed by atoms with Crippen LogP contribution in [0.25, 0.3) is 0 Å². The maximum Gasteiger partial charge on any atom is 0.328 e. The fourth-order valence-corrected chi connectivity index (χ4v) is 4.24.